The first-order chi connectivity index (χ1) is 10.7. The lowest BCUT2D eigenvalue weighted by Crippen LogP contribution is -2.52. The van der Waals surface area contributed by atoms with Gasteiger partial charge in [-0.1, -0.05) is 29.8 Å². The number of carbonyl (C=O) groups is 1. The third kappa shape index (κ3) is 2.06. The van der Waals surface area contributed by atoms with Gasteiger partial charge in [-0.3, -0.25) is 9.69 Å². The van der Waals surface area contributed by atoms with Crippen LogP contribution < -0.4 is 14.8 Å². The number of H-pyrrole nitrogens is 1. The molecule has 1 saturated heterocycles. The molecule has 1 aromatic carbocycles. The zero-order valence-electron chi connectivity index (χ0n) is 12.7. The van der Waals surface area contributed by atoms with Gasteiger partial charge in [-0.25, -0.2) is 9.88 Å². The highest BCUT2D eigenvalue weighted by Crippen LogP contribution is 2.37. The number of aromatic nitrogens is 1. The van der Waals surface area contributed by atoms with Crippen LogP contribution >= 0.6 is 0 Å². The van der Waals surface area contributed by atoms with Crippen LogP contribution in [0.25, 0.3) is 0 Å². The van der Waals surface area contributed by atoms with E-state index < -0.39 is 0 Å². The molecule has 2 aliphatic heterocycles. The summed E-state index contributed by atoms with van der Waals surface area (Å²) >= 11 is 0. The standard InChI is InChI=1S/C18H19N3O/c1-13-6-8-14(9-7-13)12-21-15-4-2-10-19-17(15)20-11-3-5-16(20)18(21)22/h2,4,6-10,16H,3,5,11-12H2,1H3/p+1/t16-/m1/s1. The van der Waals surface area contributed by atoms with Crippen LogP contribution in [0.4, 0.5) is 11.5 Å². The highest BCUT2D eigenvalue weighted by molar-refractivity contribution is 6.04. The molecule has 1 aromatic heterocycles. The van der Waals surface area contributed by atoms with Crippen molar-refractivity contribution in [3.63, 3.8) is 0 Å². The molecule has 0 bridgehead atoms. The molecule has 3 heterocycles. The Labute approximate surface area is 130 Å². The molecular weight excluding hydrogens is 274 g/mol. The van der Waals surface area contributed by atoms with Crippen LogP contribution in [0, 0.1) is 6.92 Å². The third-order valence-electron chi connectivity index (χ3n) is 4.66. The van der Waals surface area contributed by atoms with Crippen LogP contribution in [0.1, 0.15) is 24.0 Å². The smallest absolute Gasteiger partial charge is 0.297 e. The number of carbonyl (C=O) groups excluding carboxylic acids is 1. The van der Waals surface area contributed by atoms with E-state index in [1.54, 1.807) is 0 Å². The number of nitrogens with one attached hydrogen (secondary N) is 1. The molecule has 0 aliphatic carbocycles. The molecule has 1 N–H and O–H groups in total. The summed E-state index contributed by atoms with van der Waals surface area (Å²) in [6.45, 7) is 3.67. The number of aromatic amines is 1. The number of anilines is 2. The average molecular weight is 294 g/mol. The number of fused-ring (bicyclic) bond motifs is 3. The first-order valence-electron chi connectivity index (χ1n) is 7.88. The van der Waals surface area contributed by atoms with E-state index in [1.807, 2.05) is 23.2 Å². The zero-order chi connectivity index (χ0) is 15.1. The summed E-state index contributed by atoms with van der Waals surface area (Å²) in [7, 11) is 0. The van der Waals surface area contributed by atoms with E-state index in [4.69, 9.17) is 0 Å². The van der Waals surface area contributed by atoms with Crippen LogP contribution in [-0.4, -0.2) is 18.5 Å². The number of hydrogen-bond acceptors (Lipinski definition) is 2. The van der Waals surface area contributed by atoms with Gasteiger partial charge in [0.2, 0.25) is 0 Å². The van der Waals surface area contributed by atoms with Crippen molar-refractivity contribution in [2.45, 2.75) is 32.4 Å². The fourth-order valence-corrected chi connectivity index (χ4v) is 3.50. The highest BCUT2D eigenvalue weighted by Gasteiger charge is 2.46. The van der Waals surface area contributed by atoms with E-state index in [0.29, 0.717) is 6.54 Å². The van der Waals surface area contributed by atoms with E-state index in [2.05, 4.69) is 41.1 Å². The van der Waals surface area contributed by atoms with Crippen molar-refractivity contribution in [2.75, 3.05) is 16.3 Å². The minimum absolute atomic E-state index is 0.00315. The van der Waals surface area contributed by atoms with Crippen LogP contribution in [0.3, 0.4) is 0 Å². The first kappa shape index (κ1) is 13.3. The first-order valence-corrected chi connectivity index (χ1v) is 7.88. The van der Waals surface area contributed by atoms with E-state index >= 15 is 0 Å². The van der Waals surface area contributed by atoms with Crippen molar-refractivity contribution >= 4 is 17.4 Å². The van der Waals surface area contributed by atoms with Crippen molar-refractivity contribution < 1.29 is 9.78 Å². The molecule has 22 heavy (non-hydrogen) atoms. The Bertz CT molecular complexity index is 711. The second kappa shape index (κ2) is 5.13. The van der Waals surface area contributed by atoms with E-state index in [0.717, 1.165) is 30.9 Å². The maximum atomic E-state index is 12.9. The number of aryl methyl sites for hydroxylation is 1. The largest absolute Gasteiger partial charge is 0.299 e. The lowest BCUT2D eigenvalue weighted by atomic mass is 10.1. The highest BCUT2D eigenvalue weighted by atomic mass is 16.2. The van der Waals surface area contributed by atoms with Crippen LogP contribution in [0.5, 0.6) is 0 Å². The summed E-state index contributed by atoms with van der Waals surface area (Å²) in [5.41, 5.74) is 3.40. The van der Waals surface area contributed by atoms with Gasteiger partial charge in [0.25, 0.3) is 11.7 Å². The van der Waals surface area contributed by atoms with Gasteiger partial charge < -0.3 is 0 Å². The van der Waals surface area contributed by atoms with Crippen molar-refractivity contribution in [3.8, 4) is 0 Å². The van der Waals surface area contributed by atoms with Crippen molar-refractivity contribution in [1.29, 1.82) is 0 Å². The van der Waals surface area contributed by atoms with Gasteiger partial charge in [-0.05, 0) is 31.0 Å². The molecule has 112 valence electrons. The SMILES string of the molecule is Cc1ccc(CN2C(=O)[C@H]3CCCN3c3[nH+]cccc32)cc1. The van der Waals surface area contributed by atoms with Crippen molar-refractivity contribution in [2.24, 2.45) is 0 Å². The summed E-state index contributed by atoms with van der Waals surface area (Å²) in [6.07, 6.45) is 3.97. The normalized spacial score (nSPS) is 20.0. The van der Waals surface area contributed by atoms with Gasteiger partial charge in [-0.15, -0.1) is 0 Å². The van der Waals surface area contributed by atoms with Crippen molar-refractivity contribution in [1.82, 2.24) is 0 Å². The topological polar surface area (TPSA) is 37.7 Å². The number of benzene rings is 1. The second-order valence-electron chi connectivity index (χ2n) is 6.17. The third-order valence-corrected chi connectivity index (χ3v) is 4.66. The Balaban J connectivity index is 1.73. The molecule has 4 heteroatoms. The zero-order valence-corrected chi connectivity index (χ0v) is 12.7. The maximum Gasteiger partial charge on any atom is 0.299 e. The molecule has 2 aromatic rings. The van der Waals surface area contributed by atoms with Gasteiger partial charge in [-0.2, -0.15) is 0 Å². The number of hydrogen-bond donors (Lipinski definition) is 0. The molecule has 1 atom stereocenters. The lowest BCUT2D eigenvalue weighted by Gasteiger charge is -2.33. The van der Waals surface area contributed by atoms with Gasteiger partial charge in [0.15, 0.2) is 6.04 Å². The molecule has 4 rings (SSSR count). The summed E-state index contributed by atoms with van der Waals surface area (Å²) in [5.74, 6) is 1.31. The second-order valence-corrected chi connectivity index (χ2v) is 6.17. The molecular formula is C18H20N3O+. The van der Waals surface area contributed by atoms with Gasteiger partial charge in [0.05, 0.1) is 19.3 Å². The van der Waals surface area contributed by atoms with Crippen LogP contribution in [-0.2, 0) is 11.3 Å². The lowest BCUT2D eigenvalue weighted by molar-refractivity contribution is -0.363. The minimum Gasteiger partial charge on any atom is -0.297 e. The Hall–Kier alpha value is -2.36. The van der Waals surface area contributed by atoms with Crippen molar-refractivity contribution in [3.05, 3.63) is 53.7 Å². The molecule has 1 fully saturated rings. The average Bonchev–Trinajstić information content (AvgIpc) is 3.03. The molecule has 0 saturated carbocycles. The predicted octanol–water partition coefficient (Wildman–Crippen LogP) is 2.32. The summed E-state index contributed by atoms with van der Waals surface area (Å²) < 4.78 is 0. The Morgan fingerprint density at radius 2 is 2.05 bits per heavy atom. The molecule has 2 aliphatic rings. The van der Waals surface area contributed by atoms with Gasteiger partial charge >= 0.3 is 0 Å². The molecule has 4 nitrogen and oxygen atoms in total. The quantitative estimate of drug-likeness (QED) is 0.852. The van der Waals surface area contributed by atoms with Crippen LogP contribution in [0.2, 0.25) is 0 Å². The number of rotatable bonds is 2. The van der Waals surface area contributed by atoms with Gasteiger partial charge in [0, 0.05) is 6.42 Å². The molecule has 0 radical (unpaired) electrons. The Morgan fingerprint density at radius 3 is 2.86 bits per heavy atom. The van der Waals surface area contributed by atoms with E-state index in [-0.39, 0.29) is 11.9 Å². The number of amides is 1. The molecule has 1 amide bonds. The number of pyridine rings is 1. The van der Waals surface area contributed by atoms with Crippen LogP contribution in [0.15, 0.2) is 42.6 Å². The van der Waals surface area contributed by atoms with Gasteiger partial charge in [0.1, 0.15) is 5.69 Å². The fraction of sp³-hybridized carbons (Fsp3) is 0.333. The van der Waals surface area contributed by atoms with E-state index in [9.17, 15) is 4.79 Å². The monoisotopic (exact) mass is 294 g/mol. The molecule has 0 unspecified atom stereocenters. The Kier molecular flexibility index (Phi) is 3.10. The summed E-state index contributed by atoms with van der Waals surface area (Å²) in [4.78, 5) is 20.4. The minimum atomic E-state index is -0.00315. The van der Waals surface area contributed by atoms with E-state index in [1.165, 1.54) is 11.1 Å². The maximum absolute atomic E-state index is 12.9. The Morgan fingerprint density at radius 1 is 1.23 bits per heavy atom. The summed E-state index contributed by atoms with van der Waals surface area (Å²) in [5, 5.41) is 0. The predicted molar refractivity (Wildman–Crippen MR) is 85.7 cm³/mol. The fourth-order valence-electron chi connectivity index (χ4n) is 3.50. The number of nitrogens with zero attached hydrogens (tertiary/aromatic N) is 2. The molecule has 0 spiro atoms. The summed E-state index contributed by atoms with van der Waals surface area (Å²) in [6, 6.07) is 12.4.